The molecule has 0 bridgehead atoms. The standard InChI is InChI=1S/C30H33AsN3O6P/c1-20-19-34(29(36)33-28(20)35)27-17-25(40-41(32)37)26(39-27)18-31-30(21-9-5-3-6-10-21,22-11-7-4-8-12-22)23-13-15-24(38-2)16-14-23/h3-16,19,25-27,31,37H,17-18,32H2,1-2H3,(H,33,35,36)/t25-,26+,27+,41?/m0/s1. The second-order valence-electron chi connectivity index (χ2n) is 9.88. The topological polar surface area (TPSA) is 129 Å². The first-order valence-electron chi connectivity index (χ1n) is 13.2. The summed E-state index contributed by atoms with van der Waals surface area (Å²) in [6, 6.07) is 29.0. The molecule has 4 aromatic rings. The molecule has 214 valence electrons. The van der Waals surface area contributed by atoms with Crippen molar-refractivity contribution in [1.82, 2.24) is 9.55 Å². The van der Waals surface area contributed by atoms with Crippen molar-refractivity contribution in [2.75, 3.05) is 7.11 Å². The number of aryl methyl sites for hydroxylation is 1. The van der Waals surface area contributed by atoms with E-state index in [0.717, 1.165) is 11.3 Å². The number of hydrogen-bond acceptors (Lipinski definition) is 7. The van der Waals surface area contributed by atoms with E-state index in [2.05, 4.69) is 65.6 Å². The number of H-pyrrole nitrogens is 1. The van der Waals surface area contributed by atoms with E-state index in [1.807, 2.05) is 24.3 Å². The number of aromatic amines is 1. The third-order valence-electron chi connectivity index (χ3n) is 7.39. The molecule has 11 heteroatoms. The Morgan fingerprint density at radius 2 is 1.61 bits per heavy atom. The summed E-state index contributed by atoms with van der Waals surface area (Å²) in [6.45, 7) is 1.64. The molecule has 0 amide bonds. The van der Waals surface area contributed by atoms with Crippen molar-refractivity contribution < 1.29 is 18.9 Å². The first kappa shape index (κ1) is 29.5. The van der Waals surface area contributed by atoms with Gasteiger partial charge in [0.15, 0.2) is 0 Å². The van der Waals surface area contributed by atoms with Gasteiger partial charge in [0.05, 0.1) is 0 Å². The molecule has 0 spiro atoms. The summed E-state index contributed by atoms with van der Waals surface area (Å²) >= 11 is -0.948. The zero-order chi connectivity index (χ0) is 29.0. The summed E-state index contributed by atoms with van der Waals surface area (Å²) < 4.78 is 18.6. The number of methoxy groups -OCH3 is 1. The van der Waals surface area contributed by atoms with Crippen LogP contribution in [0.3, 0.4) is 0 Å². The second kappa shape index (κ2) is 12.9. The van der Waals surface area contributed by atoms with Crippen molar-refractivity contribution in [2.45, 2.75) is 41.2 Å². The molecule has 2 heterocycles. The van der Waals surface area contributed by atoms with Gasteiger partial charge in [-0.1, -0.05) is 0 Å². The van der Waals surface area contributed by atoms with Crippen molar-refractivity contribution in [3.8, 4) is 5.75 Å². The van der Waals surface area contributed by atoms with Crippen LogP contribution < -0.4 is 21.5 Å². The summed E-state index contributed by atoms with van der Waals surface area (Å²) in [5.74, 6) is 0.778. The number of nitrogens with zero attached hydrogens (tertiary/aromatic N) is 1. The van der Waals surface area contributed by atoms with Crippen LogP contribution in [0, 0.1) is 6.92 Å². The number of rotatable bonds is 10. The van der Waals surface area contributed by atoms with Crippen LogP contribution in [0.2, 0.25) is 5.21 Å². The molecule has 2 unspecified atom stereocenters. The molecule has 0 radical (unpaired) electrons. The molecule has 1 aliphatic rings. The molecule has 5 rings (SSSR count). The fourth-order valence-corrected chi connectivity index (χ4v) is 10.0. The first-order valence-corrected chi connectivity index (χ1v) is 17.0. The molecule has 4 N–H and O–H groups in total. The zero-order valence-electron chi connectivity index (χ0n) is 22.8. The Morgan fingerprint density at radius 3 is 2.17 bits per heavy atom. The zero-order valence-corrected chi connectivity index (χ0v) is 25.8. The average molecular weight is 638 g/mol. The van der Waals surface area contributed by atoms with E-state index in [0.29, 0.717) is 17.2 Å². The number of hydrogen-bond donors (Lipinski definition) is 3. The molecule has 5 atom stereocenters. The normalized spacial score (nSPS) is 20.0. The van der Waals surface area contributed by atoms with Gasteiger partial charge in [-0.05, 0) is 0 Å². The molecular weight excluding hydrogens is 604 g/mol. The van der Waals surface area contributed by atoms with Crippen LogP contribution in [0.25, 0.3) is 0 Å². The van der Waals surface area contributed by atoms with Crippen LogP contribution in [0.15, 0.2) is 101 Å². The summed E-state index contributed by atoms with van der Waals surface area (Å²) in [6.07, 6.45) is 0.194. The van der Waals surface area contributed by atoms with Gasteiger partial charge in [-0.2, -0.15) is 0 Å². The van der Waals surface area contributed by atoms with Crippen molar-refractivity contribution in [3.63, 3.8) is 0 Å². The summed E-state index contributed by atoms with van der Waals surface area (Å²) in [5, 5.41) is 0.650. The molecule has 9 nitrogen and oxygen atoms in total. The fourth-order valence-electron chi connectivity index (χ4n) is 5.38. The van der Waals surface area contributed by atoms with Crippen LogP contribution in [-0.4, -0.2) is 49.5 Å². The van der Waals surface area contributed by atoms with E-state index in [9.17, 15) is 14.5 Å². The minimum absolute atomic E-state index is 0.311. The van der Waals surface area contributed by atoms with Gasteiger partial charge in [0.25, 0.3) is 0 Å². The monoisotopic (exact) mass is 637 g/mol. The van der Waals surface area contributed by atoms with Gasteiger partial charge in [-0.15, -0.1) is 0 Å². The number of ether oxygens (including phenoxy) is 2. The predicted octanol–water partition coefficient (Wildman–Crippen LogP) is 3.55. The average Bonchev–Trinajstić information content (AvgIpc) is 3.38. The Bertz CT molecular complexity index is 1520. The maximum atomic E-state index is 12.7. The van der Waals surface area contributed by atoms with Crippen molar-refractivity contribution in [3.05, 3.63) is 134 Å². The molecular formula is C30H33AsN3O6P. The number of nitrogens with two attached hydrogens (primary N) is 1. The maximum absolute atomic E-state index is 12.7. The van der Waals surface area contributed by atoms with Crippen molar-refractivity contribution in [1.29, 1.82) is 0 Å². The quantitative estimate of drug-likeness (QED) is 0.138. The van der Waals surface area contributed by atoms with E-state index in [4.69, 9.17) is 19.5 Å². The Morgan fingerprint density at radius 1 is 1.02 bits per heavy atom. The predicted molar refractivity (Wildman–Crippen MR) is 161 cm³/mol. The van der Waals surface area contributed by atoms with Gasteiger partial charge in [-0.3, -0.25) is 0 Å². The Hall–Kier alpha value is -3.03. The van der Waals surface area contributed by atoms with Crippen LogP contribution in [-0.2, 0) is 13.5 Å². The number of aromatic nitrogens is 2. The first-order chi connectivity index (χ1) is 19.8. The van der Waals surface area contributed by atoms with Crippen LogP contribution >= 0.6 is 8.53 Å². The van der Waals surface area contributed by atoms with Gasteiger partial charge in [0.1, 0.15) is 0 Å². The minimum atomic E-state index is -2.15. The number of nitrogens with one attached hydrogen (secondary N) is 1. The van der Waals surface area contributed by atoms with E-state index in [-0.39, 0.29) is 0 Å². The molecule has 1 saturated heterocycles. The van der Waals surface area contributed by atoms with Crippen LogP contribution in [0.4, 0.5) is 0 Å². The van der Waals surface area contributed by atoms with Gasteiger partial charge < -0.3 is 0 Å². The Kier molecular flexibility index (Phi) is 9.25. The fraction of sp³-hybridized carbons (Fsp3) is 0.267. The molecule has 3 aromatic carbocycles. The molecule has 41 heavy (non-hydrogen) atoms. The van der Waals surface area contributed by atoms with Gasteiger partial charge in [0.2, 0.25) is 0 Å². The summed E-state index contributed by atoms with van der Waals surface area (Å²) in [5.41, 5.74) is 8.58. The molecule has 0 saturated carbocycles. The molecule has 1 fully saturated rings. The SMILES string of the molecule is COc1ccc(C([AsH]C[C@H]2O[C@@H](n3cc(C)c(=O)[nH]c3=O)C[C@@H]2OP(N)O)(c2ccccc2)c2ccccc2)cc1. The van der Waals surface area contributed by atoms with E-state index in [1.54, 1.807) is 14.0 Å². The Labute approximate surface area is 246 Å². The summed E-state index contributed by atoms with van der Waals surface area (Å²) in [7, 11) is -0.492. The summed E-state index contributed by atoms with van der Waals surface area (Å²) in [4.78, 5) is 36.9. The van der Waals surface area contributed by atoms with Gasteiger partial charge >= 0.3 is 246 Å². The van der Waals surface area contributed by atoms with E-state index < -0.39 is 58.2 Å². The molecule has 1 aliphatic heterocycles. The van der Waals surface area contributed by atoms with Crippen LogP contribution in [0.5, 0.6) is 5.75 Å². The third-order valence-corrected chi connectivity index (χ3v) is 12.1. The second-order valence-corrected chi connectivity index (χ2v) is 13.9. The van der Waals surface area contributed by atoms with Crippen molar-refractivity contribution >= 4 is 24.3 Å². The van der Waals surface area contributed by atoms with Gasteiger partial charge in [0, 0.05) is 0 Å². The number of benzene rings is 3. The molecule has 0 aliphatic carbocycles. The third kappa shape index (κ3) is 6.26. The van der Waals surface area contributed by atoms with Gasteiger partial charge in [-0.25, -0.2) is 0 Å². The van der Waals surface area contributed by atoms with Crippen molar-refractivity contribution in [2.24, 2.45) is 5.50 Å². The van der Waals surface area contributed by atoms with E-state index >= 15 is 0 Å². The Balaban J connectivity index is 1.55. The van der Waals surface area contributed by atoms with Crippen LogP contribution in [0.1, 0.15) is 34.9 Å². The molecule has 1 aromatic heterocycles. The van der Waals surface area contributed by atoms with E-state index in [1.165, 1.54) is 21.9 Å².